The number of benzene rings is 1. The van der Waals surface area contributed by atoms with Gasteiger partial charge in [-0.1, -0.05) is 19.1 Å². The summed E-state index contributed by atoms with van der Waals surface area (Å²) in [5.74, 6) is 0. The smallest absolute Gasteiger partial charge is 0.0991 e. The summed E-state index contributed by atoms with van der Waals surface area (Å²) in [5.41, 5.74) is 8.14. The zero-order valence-electron chi connectivity index (χ0n) is 10.3. The van der Waals surface area contributed by atoms with Crippen molar-refractivity contribution in [3.05, 3.63) is 35.4 Å². The lowest BCUT2D eigenvalue weighted by Crippen LogP contribution is -2.32. The molecule has 17 heavy (non-hydrogen) atoms. The quantitative estimate of drug-likeness (QED) is 0.863. The second-order valence-corrected chi connectivity index (χ2v) is 4.67. The Morgan fingerprint density at radius 2 is 2.12 bits per heavy atom. The van der Waals surface area contributed by atoms with Gasteiger partial charge in [0.25, 0.3) is 0 Å². The largest absolute Gasteiger partial charge is 0.326 e. The van der Waals surface area contributed by atoms with Crippen molar-refractivity contribution in [2.24, 2.45) is 5.73 Å². The van der Waals surface area contributed by atoms with Crippen LogP contribution in [-0.4, -0.2) is 24.0 Å². The van der Waals surface area contributed by atoms with E-state index >= 15 is 0 Å². The number of likely N-dealkylation sites (tertiary alicyclic amines) is 1. The second-order valence-electron chi connectivity index (χ2n) is 4.67. The van der Waals surface area contributed by atoms with Gasteiger partial charge in [0.15, 0.2) is 0 Å². The lowest BCUT2D eigenvalue weighted by atomic mass is 9.99. The Labute approximate surface area is 103 Å². The minimum absolute atomic E-state index is 0.217. The van der Waals surface area contributed by atoms with Crippen LogP contribution in [-0.2, 0) is 0 Å². The molecule has 1 saturated heterocycles. The third kappa shape index (κ3) is 2.49. The average molecular weight is 229 g/mol. The van der Waals surface area contributed by atoms with Crippen molar-refractivity contribution >= 4 is 0 Å². The van der Waals surface area contributed by atoms with Crippen LogP contribution in [0.4, 0.5) is 0 Å². The SMILES string of the molecule is CCCN1CCC(N)C1c1ccc(C#N)cc1. The Hall–Kier alpha value is -1.37. The summed E-state index contributed by atoms with van der Waals surface area (Å²) in [7, 11) is 0. The summed E-state index contributed by atoms with van der Waals surface area (Å²) in [4.78, 5) is 2.45. The van der Waals surface area contributed by atoms with Crippen molar-refractivity contribution < 1.29 is 0 Å². The van der Waals surface area contributed by atoms with Gasteiger partial charge in [-0.3, -0.25) is 4.90 Å². The van der Waals surface area contributed by atoms with Crippen LogP contribution in [0, 0.1) is 11.3 Å². The average Bonchev–Trinajstić information content (AvgIpc) is 2.71. The summed E-state index contributed by atoms with van der Waals surface area (Å²) in [6.45, 7) is 4.37. The predicted molar refractivity (Wildman–Crippen MR) is 68.4 cm³/mol. The third-order valence-electron chi connectivity index (χ3n) is 3.44. The molecule has 0 aliphatic carbocycles. The highest BCUT2D eigenvalue weighted by Crippen LogP contribution is 2.31. The van der Waals surface area contributed by atoms with Gasteiger partial charge < -0.3 is 5.73 Å². The van der Waals surface area contributed by atoms with E-state index in [0.29, 0.717) is 11.6 Å². The molecule has 90 valence electrons. The van der Waals surface area contributed by atoms with Crippen molar-refractivity contribution in [3.8, 4) is 6.07 Å². The lowest BCUT2D eigenvalue weighted by molar-refractivity contribution is 0.248. The third-order valence-corrected chi connectivity index (χ3v) is 3.44. The molecule has 0 bridgehead atoms. The fraction of sp³-hybridized carbons (Fsp3) is 0.500. The van der Waals surface area contributed by atoms with Gasteiger partial charge in [-0.2, -0.15) is 5.26 Å². The van der Waals surface area contributed by atoms with Crippen molar-refractivity contribution in [3.63, 3.8) is 0 Å². The number of nitrogens with zero attached hydrogens (tertiary/aromatic N) is 2. The van der Waals surface area contributed by atoms with E-state index in [1.807, 2.05) is 24.3 Å². The van der Waals surface area contributed by atoms with Crippen LogP contribution >= 0.6 is 0 Å². The Balaban J connectivity index is 2.20. The van der Waals surface area contributed by atoms with Crippen molar-refractivity contribution in [1.29, 1.82) is 5.26 Å². The van der Waals surface area contributed by atoms with E-state index in [1.54, 1.807) is 0 Å². The number of hydrogen-bond donors (Lipinski definition) is 1. The second kappa shape index (κ2) is 5.31. The van der Waals surface area contributed by atoms with Crippen molar-refractivity contribution in [2.75, 3.05) is 13.1 Å². The van der Waals surface area contributed by atoms with Gasteiger partial charge >= 0.3 is 0 Å². The van der Waals surface area contributed by atoms with E-state index in [-0.39, 0.29) is 6.04 Å². The molecule has 2 rings (SSSR count). The van der Waals surface area contributed by atoms with E-state index < -0.39 is 0 Å². The van der Waals surface area contributed by atoms with Crippen LogP contribution in [0.1, 0.15) is 36.9 Å². The van der Waals surface area contributed by atoms with E-state index in [0.717, 1.165) is 25.9 Å². The van der Waals surface area contributed by atoms with Crippen LogP contribution in [0.25, 0.3) is 0 Å². The van der Waals surface area contributed by atoms with Crippen LogP contribution < -0.4 is 5.73 Å². The molecule has 0 radical (unpaired) electrons. The van der Waals surface area contributed by atoms with Gasteiger partial charge in [0, 0.05) is 18.6 Å². The maximum Gasteiger partial charge on any atom is 0.0991 e. The summed E-state index contributed by atoms with van der Waals surface area (Å²) in [6, 6.07) is 10.5. The zero-order valence-corrected chi connectivity index (χ0v) is 10.3. The first-order valence-electron chi connectivity index (χ1n) is 6.26. The Kier molecular flexibility index (Phi) is 3.78. The van der Waals surface area contributed by atoms with E-state index in [9.17, 15) is 0 Å². The first kappa shape index (κ1) is 12.1. The fourth-order valence-corrected chi connectivity index (χ4v) is 2.63. The Morgan fingerprint density at radius 3 is 2.71 bits per heavy atom. The highest BCUT2D eigenvalue weighted by molar-refractivity contribution is 5.33. The summed E-state index contributed by atoms with van der Waals surface area (Å²) < 4.78 is 0. The molecule has 0 aromatic heterocycles. The highest BCUT2D eigenvalue weighted by atomic mass is 15.2. The maximum atomic E-state index is 8.80. The number of nitriles is 1. The molecular formula is C14H19N3. The number of rotatable bonds is 3. The van der Waals surface area contributed by atoms with Gasteiger partial charge in [0.1, 0.15) is 0 Å². The number of hydrogen-bond acceptors (Lipinski definition) is 3. The minimum Gasteiger partial charge on any atom is -0.326 e. The van der Waals surface area contributed by atoms with Crippen molar-refractivity contribution in [2.45, 2.75) is 31.8 Å². The molecule has 1 aliphatic heterocycles. The molecular weight excluding hydrogens is 210 g/mol. The van der Waals surface area contributed by atoms with Crippen LogP contribution in [0.5, 0.6) is 0 Å². The van der Waals surface area contributed by atoms with Gasteiger partial charge in [-0.25, -0.2) is 0 Å². The summed E-state index contributed by atoms with van der Waals surface area (Å²) >= 11 is 0. The molecule has 3 nitrogen and oxygen atoms in total. The molecule has 1 aromatic carbocycles. The van der Waals surface area contributed by atoms with E-state index in [2.05, 4.69) is 17.9 Å². The molecule has 1 aromatic rings. The molecule has 3 heteroatoms. The van der Waals surface area contributed by atoms with E-state index in [1.165, 1.54) is 5.56 Å². The van der Waals surface area contributed by atoms with Gasteiger partial charge in [0.05, 0.1) is 11.6 Å². The van der Waals surface area contributed by atoms with Gasteiger partial charge in [-0.15, -0.1) is 0 Å². The number of nitrogens with two attached hydrogens (primary N) is 1. The topological polar surface area (TPSA) is 53.0 Å². The molecule has 0 amide bonds. The molecule has 0 saturated carbocycles. The predicted octanol–water partition coefficient (Wildman–Crippen LogP) is 2.04. The summed E-state index contributed by atoms with van der Waals surface area (Å²) in [5, 5.41) is 8.80. The Bertz CT molecular complexity index is 402. The lowest BCUT2D eigenvalue weighted by Gasteiger charge is -2.26. The van der Waals surface area contributed by atoms with Gasteiger partial charge in [0.2, 0.25) is 0 Å². The minimum atomic E-state index is 0.217. The zero-order chi connectivity index (χ0) is 12.3. The highest BCUT2D eigenvalue weighted by Gasteiger charge is 2.31. The molecule has 1 fully saturated rings. The Morgan fingerprint density at radius 1 is 1.41 bits per heavy atom. The monoisotopic (exact) mass is 229 g/mol. The molecule has 2 unspecified atom stereocenters. The fourth-order valence-electron chi connectivity index (χ4n) is 2.63. The van der Waals surface area contributed by atoms with Crippen LogP contribution in [0.2, 0.25) is 0 Å². The van der Waals surface area contributed by atoms with Crippen molar-refractivity contribution in [1.82, 2.24) is 4.90 Å². The standard InChI is InChI=1S/C14H19N3/c1-2-8-17-9-7-13(16)14(17)12-5-3-11(10-15)4-6-12/h3-6,13-14H,2,7-9,16H2,1H3. The van der Waals surface area contributed by atoms with Crippen LogP contribution in [0.3, 0.4) is 0 Å². The van der Waals surface area contributed by atoms with Crippen LogP contribution in [0.15, 0.2) is 24.3 Å². The molecule has 2 N–H and O–H groups in total. The normalized spacial score (nSPS) is 24.8. The van der Waals surface area contributed by atoms with Gasteiger partial charge in [-0.05, 0) is 37.1 Å². The first-order chi connectivity index (χ1) is 8.26. The maximum absolute atomic E-state index is 8.80. The molecule has 0 spiro atoms. The molecule has 2 atom stereocenters. The van der Waals surface area contributed by atoms with E-state index in [4.69, 9.17) is 11.0 Å². The molecule has 1 heterocycles. The molecule has 1 aliphatic rings. The summed E-state index contributed by atoms with van der Waals surface area (Å²) in [6.07, 6.45) is 2.21. The first-order valence-corrected chi connectivity index (χ1v) is 6.26.